The summed E-state index contributed by atoms with van der Waals surface area (Å²) in [4.78, 5) is 24.1. The maximum atomic E-state index is 14.5. The number of anilines is 1. The molecule has 1 aliphatic heterocycles. The summed E-state index contributed by atoms with van der Waals surface area (Å²) in [5.74, 6) is -2.56. The minimum Gasteiger partial charge on any atom is -0.466 e. The van der Waals surface area contributed by atoms with Gasteiger partial charge in [0.2, 0.25) is 10.0 Å². The highest BCUT2D eigenvalue weighted by atomic mass is 32.2. The van der Waals surface area contributed by atoms with Crippen molar-refractivity contribution in [1.29, 1.82) is 0 Å². The molecule has 0 aliphatic carbocycles. The quantitative estimate of drug-likeness (QED) is 0.635. The minimum absolute atomic E-state index is 0.0171. The number of hydrogen-bond donors (Lipinski definition) is 1. The fourth-order valence-corrected chi connectivity index (χ4v) is 5.24. The van der Waals surface area contributed by atoms with Crippen LogP contribution < -0.4 is 5.32 Å². The molecule has 7 nitrogen and oxygen atoms in total. The van der Waals surface area contributed by atoms with Gasteiger partial charge in [0.15, 0.2) is 0 Å². The molecule has 0 saturated carbocycles. The predicted molar refractivity (Wildman–Crippen MR) is 118 cm³/mol. The van der Waals surface area contributed by atoms with Crippen LogP contribution in [0.5, 0.6) is 0 Å². The van der Waals surface area contributed by atoms with Crippen LogP contribution in [0.4, 0.5) is 10.1 Å². The summed E-state index contributed by atoms with van der Waals surface area (Å²) >= 11 is 0. The smallest absolute Gasteiger partial charge is 0.310 e. The van der Waals surface area contributed by atoms with Gasteiger partial charge in [-0.15, -0.1) is 0 Å². The summed E-state index contributed by atoms with van der Waals surface area (Å²) in [5.41, 5.74) is 1.68. The summed E-state index contributed by atoms with van der Waals surface area (Å²) in [6.45, 7) is 3.98. The van der Waals surface area contributed by atoms with Crippen molar-refractivity contribution in [3.8, 4) is 0 Å². The van der Waals surface area contributed by atoms with Crippen LogP contribution in [-0.2, 0) is 26.0 Å². The Hall–Kier alpha value is -2.78. The first-order chi connectivity index (χ1) is 15.3. The number of esters is 1. The molecule has 1 aliphatic rings. The number of nitrogens with zero attached hydrogens (tertiary/aromatic N) is 1. The number of ether oxygens (including phenoxy) is 1. The number of hydrogen-bond acceptors (Lipinski definition) is 5. The van der Waals surface area contributed by atoms with Gasteiger partial charge in [-0.25, -0.2) is 12.8 Å². The van der Waals surface area contributed by atoms with Gasteiger partial charge < -0.3 is 10.1 Å². The molecule has 1 heterocycles. The third kappa shape index (κ3) is 5.34. The number of nitrogens with one attached hydrogen (secondary N) is 1. The highest BCUT2D eigenvalue weighted by Crippen LogP contribution is 2.27. The highest BCUT2D eigenvalue weighted by Gasteiger charge is 2.35. The van der Waals surface area contributed by atoms with Crippen LogP contribution in [0.1, 0.15) is 42.6 Å². The Morgan fingerprint density at radius 2 is 1.88 bits per heavy atom. The van der Waals surface area contributed by atoms with Crippen molar-refractivity contribution in [2.75, 3.05) is 25.0 Å². The third-order valence-electron chi connectivity index (χ3n) is 5.44. The predicted octanol–water partition coefficient (Wildman–Crippen LogP) is 3.60. The maximum absolute atomic E-state index is 14.5. The van der Waals surface area contributed by atoms with E-state index in [2.05, 4.69) is 5.32 Å². The summed E-state index contributed by atoms with van der Waals surface area (Å²) in [6, 6.07) is 10.5. The number of sulfonamides is 1. The Bertz CT molecular complexity index is 1090. The molecule has 0 unspecified atom stereocenters. The number of rotatable bonds is 7. The Morgan fingerprint density at radius 1 is 1.16 bits per heavy atom. The van der Waals surface area contributed by atoms with Crippen molar-refractivity contribution >= 4 is 27.6 Å². The molecule has 0 aromatic heterocycles. The second-order valence-corrected chi connectivity index (χ2v) is 9.51. The lowest BCUT2D eigenvalue weighted by Gasteiger charge is -2.30. The van der Waals surface area contributed by atoms with E-state index in [1.165, 1.54) is 6.07 Å². The van der Waals surface area contributed by atoms with E-state index in [9.17, 15) is 22.4 Å². The molecule has 0 spiro atoms. The van der Waals surface area contributed by atoms with Gasteiger partial charge >= 0.3 is 5.97 Å². The van der Waals surface area contributed by atoms with Crippen molar-refractivity contribution < 1.29 is 27.1 Å². The number of halogens is 1. The van der Waals surface area contributed by atoms with E-state index in [4.69, 9.17) is 4.74 Å². The van der Waals surface area contributed by atoms with E-state index in [1.54, 1.807) is 19.1 Å². The van der Waals surface area contributed by atoms with Crippen LogP contribution >= 0.6 is 0 Å². The molecule has 1 amide bonds. The van der Waals surface area contributed by atoms with Gasteiger partial charge in [0.25, 0.3) is 5.91 Å². The van der Waals surface area contributed by atoms with Crippen molar-refractivity contribution in [1.82, 2.24) is 4.31 Å². The SMILES string of the molecule is CCOC(=O)[C@@H]1CCCN(S(=O)(=O)c2cc(C(=O)Nc3ccc(CC)cc3)ccc2F)C1. The summed E-state index contributed by atoms with van der Waals surface area (Å²) in [6.07, 6.45) is 1.83. The molecule has 172 valence electrons. The number of piperidine rings is 1. The van der Waals surface area contributed by atoms with Crippen molar-refractivity contribution in [3.05, 3.63) is 59.4 Å². The molecule has 1 saturated heterocycles. The fraction of sp³-hybridized carbons (Fsp3) is 0.391. The van der Waals surface area contributed by atoms with Crippen LogP contribution in [0.25, 0.3) is 0 Å². The summed E-state index contributed by atoms with van der Waals surface area (Å²) in [7, 11) is -4.24. The Morgan fingerprint density at radius 3 is 2.53 bits per heavy atom. The Kier molecular flexibility index (Phi) is 7.63. The van der Waals surface area contributed by atoms with Gasteiger partial charge in [0.05, 0.1) is 12.5 Å². The lowest BCUT2D eigenvalue weighted by Crippen LogP contribution is -2.43. The van der Waals surface area contributed by atoms with E-state index in [1.807, 2.05) is 19.1 Å². The third-order valence-corrected chi connectivity index (χ3v) is 7.32. The van der Waals surface area contributed by atoms with Crippen LogP contribution in [-0.4, -0.2) is 44.3 Å². The molecule has 1 atom stereocenters. The first-order valence-corrected chi connectivity index (χ1v) is 12.1. The van der Waals surface area contributed by atoms with Crippen molar-refractivity contribution in [3.63, 3.8) is 0 Å². The van der Waals surface area contributed by atoms with Crippen LogP contribution in [0.15, 0.2) is 47.4 Å². The molecule has 2 aromatic carbocycles. The summed E-state index contributed by atoms with van der Waals surface area (Å²) < 4.78 is 46.9. The van der Waals surface area contributed by atoms with E-state index < -0.39 is 38.5 Å². The van der Waals surface area contributed by atoms with Crippen molar-refractivity contribution in [2.24, 2.45) is 5.92 Å². The topological polar surface area (TPSA) is 92.8 Å². The minimum atomic E-state index is -4.24. The van der Waals surface area contributed by atoms with Crippen LogP contribution in [0.2, 0.25) is 0 Å². The fourth-order valence-electron chi connectivity index (χ4n) is 3.62. The normalized spacial score (nSPS) is 17.0. The Labute approximate surface area is 187 Å². The van der Waals surface area contributed by atoms with E-state index in [0.29, 0.717) is 18.5 Å². The zero-order valence-corrected chi connectivity index (χ0v) is 19.0. The summed E-state index contributed by atoms with van der Waals surface area (Å²) in [5, 5.41) is 2.69. The van der Waals surface area contributed by atoms with Gasteiger partial charge in [-0.05, 0) is 62.1 Å². The van der Waals surface area contributed by atoms with Crippen LogP contribution in [0.3, 0.4) is 0 Å². The van der Waals surface area contributed by atoms with Gasteiger partial charge in [0, 0.05) is 24.3 Å². The zero-order valence-electron chi connectivity index (χ0n) is 18.1. The van der Waals surface area contributed by atoms with Crippen LogP contribution in [0, 0.1) is 11.7 Å². The molecule has 1 N–H and O–H groups in total. The lowest BCUT2D eigenvalue weighted by atomic mass is 10.0. The average molecular weight is 463 g/mol. The zero-order chi connectivity index (χ0) is 23.3. The molecular weight excluding hydrogens is 435 g/mol. The molecule has 3 rings (SSSR count). The van der Waals surface area contributed by atoms with E-state index in [-0.39, 0.29) is 25.3 Å². The van der Waals surface area contributed by atoms with Gasteiger partial charge in [-0.2, -0.15) is 4.31 Å². The second kappa shape index (κ2) is 10.2. The molecule has 2 aromatic rings. The number of carbonyl (C=O) groups excluding carboxylic acids is 2. The van der Waals surface area contributed by atoms with Gasteiger partial charge in [-0.1, -0.05) is 19.1 Å². The number of aryl methyl sites for hydroxylation is 1. The van der Waals surface area contributed by atoms with Gasteiger partial charge in [-0.3, -0.25) is 9.59 Å². The number of carbonyl (C=O) groups is 2. The maximum Gasteiger partial charge on any atom is 0.310 e. The lowest BCUT2D eigenvalue weighted by molar-refractivity contribution is -0.149. The first-order valence-electron chi connectivity index (χ1n) is 10.6. The second-order valence-electron chi connectivity index (χ2n) is 7.60. The van der Waals surface area contributed by atoms with E-state index >= 15 is 0 Å². The standard InChI is InChI=1S/C23H27FN2O5S/c1-3-16-7-10-19(11-8-16)25-22(27)17-9-12-20(24)21(14-17)32(29,30)26-13-5-6-18(15-26)23(28)31-4-2/h7-12,14,18H,3-6,13,15H2,1-2H3,(H,25,27)/t18-/m1/s1. The first kappa shape index (κ1) is 23.9. The van der Waals surface area contributed by atoms with Gasteiger partial charge in [0.1, 0.15) is 10.7 Å². The molecule has 32 heavy (non-hydrogen) atoms. The molecule has 0 bridgehead atoms. The Balaban J connectivity index is 1.81. The van der Waals surface area contributed by atoms with Crippen molar-refractivity contribution in [2.45, 2.75) is 38.0 Å². The average Bonchev–Trinajstić information content (AvgIpc) is 2.80. The number of benzene rings is 2. The molecule has 0 radical (unpaired) electrons. The van der Waals surface area contributed by atoms with E-state index in [0.717, 1.165) is 28.4 Å². The highest BCUT2D eigenvalue weighted by molar-refractivity contribution is 7.89. The molecular formula is C23H27FN2O5S. The largest absolute Gasteiger partial charge is 0.466 e. The number of amides is 1. The molecule has 1 fully saturated rings. The molecule has 9 heteroatoms. The monoisotopic (exact) mass is 462 g/mol.